The third-order valence-corrected chi connectivity index (χ3v) is 5.87. The SMILES string of the molecule is CC(C)CN1CCc2[nH]cnc2C12CCN(C(=O)CCn1cnnn1)CC2. The lowest BCUT2D eigenvalue weighted by atomic mass is 9.78. The molecule has 27 heavy (non-hydrogen) atoms. The number of likely N-dealkylation sites (tertiary alicyclic amines) is 1. The molecule has 1 saturated heterocycles. The Balaban J connectivity index is 1.44. The van der Waals surface area contributed by atoms with Crippen LogP contribution in [0.1, 0.15) is 44.5 Å². The number of carbonyl (C=O) groups excluding carboxylic acids is 1. The van der Waals surface area contributed by atoms with E-state index >= 15 is 0 Å². The molecule has 4 heterocycles. The number of nitrogens with zero attached hydrogens (tertiary/aromatic N) is 7. The normalized spacial score (nSPS) is 19.6. The van der Waals surface area contributed by atoms with Crippen LogP contribution in [0.3, 0.4) is 0 Å². The maximum atomic E-state index is 12.6. The van der Waals surface area contributed by atoms with E-state index in [2.05, 4.69) is 39.3 Å². The van der Waals surface area contributed by atoms with Crippen LogP contribution < -0.4 is 0 Å². The van der Waals surface area contributed by atoms with Gasteiger partial charge in [0, 0.05) is 44.7 Å². The minimum atomic E-state index is -0.0372. The number of carbonyl (C=O) groups is 1. The summed E-state index contributed by atoms with van der Waals surface area (Å²) < 4.78 is 1.60. The zero-order chi connectivity index (χ0) is 18.9. The molecule has 9 heteroatoms. The fourth-order valence-corrected chi connectivity index (χ4v) is 4.56. The number of imidazole rings is 1. The van der Waals surface area contributed by atoms with Gasteiger partial charge in [-0.3, -0.25) is 9.69 Å². The molecule has 4 rings (SSSR count). The predicted molar refractivity (Wildman–Crippen MR) is 98.6 cm³/mol. The summed E-state index contributed by atoms with van der Waals surface area (Å²) in [5, 5.41) is 11.0. The third kappa shape index (κ3) is 3.47. The number of amides is 1. The Kier molecular flexibility index (Phi) is 4.94. The van der Waals surface area contributed by atoms with Crippen molar-refractivity contribution in [2.75, 3.05) is 26.2 Å². The number of H-pyrrole nitrogens is 1. The van der Waals surface area contributed by atoms with Gasteiger partial charge in [-0.05, 0) is 29.2 Å². The molecule has 0 aliphatic carbocycles. The van der Waals surface area contributed by atoms with E-state index in [1.807, 2.05) is 11.2 Å². The van der Waals surface area contributed by atoms with Crippen molar-refractivity contribution in [2.24, 2.45) is 5.92 Å². The van der Waals surface area contributed by atoms with Gasteiger partial charge in [-0.25, -0.2) is 9.67 Å². The van der Waals surface area contributed by atoms with Gasteiger partial charge in [-0.1, -0.05) is 13.8 Å². The van der Waals surface area contributed by atoms with Gasteiger partial charge < -0.3 is 9.88 Å². The second-order valence-corrected chi connectivity index (χ2v) is 8.05. The van der Waals surface area contributed by atoms with Crippen LogP contribution in [-0.2, 0) is 23.3 Å². The van der Waals surface area contributed by atoms with E-state index in [1.54, 1.807) is 11.0 Å². The lowest BCUT2D eigenvalue weighted by Crippen LogP contribution is -2.57. The molecule has 1 fully saturated rings. The van der Waals surface area contributed by atoms with Crippen molar-refractivity contribution in [3.05, 3.63) is 24.0 Å². The van der Waals surface area contributed by atoms with Gasteiger partial charge >= 0.3 is 0 Å². The van der Waals surface area contributed by atoms with Crippen molar-refractivity contribution in [3.8, 4) is 0 Å². The van der Waals surface area contributed by atoms with Gasteiger partial charge in [0.05, 0.1) is 24.1 Å². The molecule has 0 unspecified atom stereocenters. The summed E-state index contributed by atoms with van der Waals surface area (Å²) in [4.78, 5) is 25.3. The van der Waals surface area contributed by atoms with Crippen LogP contribution in [-0.4, -0.2) is 72.1 Å². The number of aromatic nitrogens is 6. The van der Waals surface area contributed by atoms with Crippen LogP contribution in [0.5, 0.6) is 0 Å². The van der Waals surface area contributed by atoms with Crippen LogP contribution in [0.4, 0.5) is 0 Å². The molecule has 0 saturated carbocycles. The van der Waals surface area contributed by atoms with Crippen molar-refractivity contribution >= 4 is 5.91 Å². The monoisotopic (exact) mass is 372 g/mol. The molecule has 1 spiro atoms. The zero-order valence-corrected chi connectivity index (χ0v) is 16.1. The fraction of sp³-hybridized carbons (Fsp3) is 0.722. The maximum Gasteiger partial charge on any atom is 0.224 e. The highest BCUT2D eigenvalue weighted by Crippen LogP contribution is 2.42. The summed E-state index contributed by atoms with van der Waals surface area (Å²) in [6.45, 7) is 8.73. The van der Waals surface area contributed by atoms with Gasteiger partial charge in [0.1, 0.15) is 6.33 Å². The first-order chi connectivity index (χ1) is 13.1. The lowest BCUT2D eigenvalue weighted by Gasteiger charge is -2.51. The van der Waals surface area contributed by atoms with E-state index in [4.69, 9.17) is 4.98 Å². The van der Waals surface area contributed by atoms with Gasteiger partial charge in [-0.2, -0.15) is 0 Å². The van der Waals surface area contributed by atoms with Crippen molar-refractivity contribution < 1.29 is 4.79 Å². The molecule has 2 aromatic heterocycles. The van der Waals surface area contributed by atoms with E-state index < -0.39 is 0 Å². The zero-order valence-electron chi connectivity index (χ0n) is 16.1. The number of piperidine rings is 1. The molecule has 1 N–H and O–H groups in total. The summed E-state index contributed by atoms with van der Waals surface area (Å²) in [6.07, 6.45) is 6.71. The highest BCUT2D eigenvalue weighted by molar-refractivity contribution is 5.76. The van der Waals surface area contributed by atoms with Crippen LogP contribution in [0.2, 0.25) is 0 Å². The standard InChI is InChI=1S/C18H28N8O/c1-14(2)11-25-7-3-15-17(20-12-19-15)18(25)5-9-24(10-6-18)16(27)4-8-26-13-21-22-23-26/h12-14H,3-11H2,1-2H3,(H,19,20). The maximum absolute atomic E-state index is 12.6. The fourth-order valence-electron chi connectivity index (χ4n) is 4.56. The largest absolute Gasteiger partial charge is 0.348 e. The van der Waals surface area contributed by atoms with Gasteiger partial charge in [-0.15, -0.1) is 5.10 Å². The summed E-state index contributed by atoms with van der Waals surface area (Å²) >= 11 is 0. The first-order valence-electron chi connectivity index (χ1n) is 9.85. The molecule has 1 amide bonds. The molecular weight excluding hydrogens is 344 g/mol. The van der Waals surface area contributed by atoms with Gasteiger partial charge in [0.25, 0.3) is 0 Å². The Morgan fingerprint density at radius 1 is 1.30 bits per heavy atom. The van der Waals surface area contributed by atoms with E-state index in [9.17, 15) is 4.79 Å². The Labute approximate surface area is 159 Å². The quantitative estimate of drug-likeness (QED) is 0.835. The highest BCUT2D eigenvalue weighted by Gasteiger charge is 2.47. The van der Waals surface area contributed by atoms with Crippen molar-refractivity contribution in [2.45, 2.75) is 51.6 Å². The summed E-state index contributed by atoms with van der Waals surface area (Å²) in [6, 6.07) is 0. The van der Waals surface area contributed by atoms with Crippen molar-refractivity contribution in [1.82, 2.24) is 40.0 Å². The number of nitrogens with one attached hydrogen (secondary N) is 1. The number of fused-ring (bicyclic) bond motifs is 2. The molecule has 0 radical (unpaired) electrons. The molecule has 2 aliphatic rings. The summed E-state index contributed by atoms with van der Waals surface area (Å²) in [5.41, 5.74) is 2.44. The average Bonchev–Trinajstić information content (AvgIpc) is 3.34. The minimum absolute atomic E-state index is 0.0372. The second kappa shape index (κ2) is 7.38. The van der Waals surface area contributed by atoms with E-state index in [0.717, 1.165) is 45.4 Å². The first-order valence-corrected chi connectivity index (χ1v) is 9.85. The topological polar surface area (TPSA) is 95.8 Å². The highest BCUT2D eigenvalue weighted by atomic mass is 16.2. The van der Waals surface area contributed by atoms with E-state index in [-0.39, 0.29) is 11.4 Å². The number of tetrazole rings is 1. The minimum Gasteiger partial charge on any atom is -0.348 e. The predicted octanol–water partition coefficient (Wildman–Crippen LogP) is 0.818. The van der Waals surface area contributed by atoms with Crippen LogP contribution in [0.25, 0.3) is 0 Å². The lowest BCUT2D eigenvalue weighted by molar-refractivity contribution is -0.135. The summed E-state index contributed by atoms with van der Waals surface area (Å²) in [7, 11) is 0. The smallest absolute Gasteiger partial charge is 0.224 e. The molecule has 0 bridgehead atoms. The van der Waals surface area contributed by atoms with Crippen molar-refractivity contribution in [1.29, 1.82) is 0 Å². The van der Waals surface area contributed by atoms with Gasteiger partial charge in [0.2, 0.25) is 5.91 Å². The Morgan fingerprint density at radius 2 is 2.11 bits per heavy atom. The Morgan fingerprint density at radius 3 is 2.81 bits per heavy atom. The second-order valence-electron chi connectivity index (χ2n) is 8.05. The van der Waals surface area contributed by atoms with Crippen LogP contribution >= 0.6 is 0 Å². The number of hydrogen-bond acceptors (Lipinski definition) is 6. The Hall–Kier alpha value is -2.29. The molecule has 9 nitrogen and oxygen atoms in total. The third-order valence-electron chi connectivity index (χ3n) is 5.87. The number of rotatable bonds is 5. The van der Waals surface area contributed by atoms with Crippen LogP contribution in [0.15, 0.2) is 12.7 Å². The molecule has 0 aromatic carbocycles. The molecule has 0 atom stereocenters. The molecule has 146 valence electrons. The number of aryl methyl sites for hydroxylation is 1. The van der Waals surface area contributed by atoms with Gasteiger partial charge in [0.15, 0.2) is 0 Å². The molecule has 2 aromatic rings. The van der Waals surface area contributed by atoms with Crippen molar-refractivity contribution in [3.63, 3.8) is 0 Å². The average molecular weight is 372 g/mol. The number of aromatic amines is 1. The molecule has 2 aliphatic heterocycles. The van der Waals surface area contributed by atoms with E-state index in [1.165, 1.54) is 11.4 Å². The first kappa shape index (κ1) is 18.1. The molecular formula is C18H28N8O. The van der Waals surface area contributed by atoms with Crippen LogP contribution in [0, 0.1) is 5.92 Å². The summed E-state index contributed by atoms with van der Waals surface area (Å²) in [5.74, 6) is 0.784. The Bertz CT molecular complexity index is 760. The van der Waals surface area contributed by atoms with E-state index in [0.29, 0.717) is 18.9 Å². The number of hydrogen-bond donors (Lipinski definition) is 1.